The van der Waals surface area contributed by atoms with Crippen LogP contribution in [0.4, 0.5) is 13.2 Å². The zero-order valence-corrected chi connectivity index (χ0v) is 12.1. The molecule has 0 saturated heterocycles. The van der Waals surface area contributed by atoms with Crippen molar-refractivity contribution in [1.82, 2.24) is 9.88 Å². The Balaban J connectivity index is 2.11. The van der Waals surface area contributed by atoms with Crippen molar-refractivity contribution < 1.29 is 17.9 Å². The molecular formula is C15H19F3N2O. The second-order valence-electron chi connectivity index (χ2n) is 5.26. The summed E-state index contributed by atoms with van der Waals surface area (Å²) in [6.45, 7) is 3.51. The molecule has 2 aromatic rings. The smallest absolute Gasteiger partial charge is 0.351 e. The third-order valence-corrected chi connectivity index (χ3v) is 3.10. The van der Waals surface area contributed by atoms with E-state index in [4.69, 9.17) is 4.74 Å². The van der Waals surface area contributed by atoms with Crippen LogP contribution in [0.5, 0.6) is 0 Å². The Labute approximate surface area is 121 Å². The summed E-state index contributed by atoms with van der Waals surface area (Å²) < 4.78 is 42.7. The molecule has 1 N–H and O–H groups in total. The van der Waals surface area contributed by atoms with E-state index in [1.54, 1.807) is 10.8 Å². The van der Waals surface area contributed by atoms with E-state index in [1.807, 2.05) is 24.3 Å². The second kappa shape index (κ2) is 6.49. The third-order valence-electron chi connectivity index (χ3n) is 3.10. The molecule has 6 heteroatoms. The minimum absolute atomic E-state index is 0.107. The third kappa shape index (κ3) is 4.47. The highest BCUT2D eigenvalue weighted by molar-refractivity contribution is 5.83. The molecule has 0 unspecified atom stereocenters. The normalized spacial score (nSPS) is 12.5. The van der Waals surface area contributed by atoms with Gasteiger partial charge in [-0.15, -0.1) is 0 Å². The van der Waals surface area contributed by atoms with E-state index in [-0.39, 0.29) is 6.73 Å². The number of aromatic nitrogens is 1. The first-order valence-corrected chi connectivity index (χ1v) is 6.81. The van der Waals surface area contributed by atoms with Gasteiger partial charge in [0.2, 0.25) is 0 Å². The van der Waals surface area contributed by atoms with Gasteiger partial charge in [-0.3, -0.25) is 0 Å². The topological polar surface area (TPSA) is 26.2 Å². The van der Waals surface area contributed by atoms with E-state index >= 15 is 0 Å². The maximum absolute atomic E-state index is 12.1. The molecule has 3 nitrogen and oxygen atoms in total. The van der Waals surface area contributed by atoms with Crippen LogP contribution in [0.3, 0.4) is 0 Å². The van der Waals surface area contributed by atoms with Gasteiger partial charge in [-0.2, -0.15) is 13.2 Å². The number of alkyl halides is 3. The summed E-state index contributed by atoms with van der Waals surface area (Å²) in [5, 5.41) is 4.37. The van der Waals surface area contributed by atoms with Gasteiger partial charge in [0, 0.05) is 24.2 Å². The molecule has 2 rings (SSSR count). The summed E-state index contributed by atoms with van der Waals surface area (Å²) in [6.07, 6.45) is -2.55. The van der Waals surface area contributed by atoms with Crippen molar-refractivity contribution in [1.29, 1.82) is 0 Å². The van der Waals surface area contributed by atoms with Crippen molar-refractivity contribution in [3.63, 3.8) is 0 Å². The highest BCUT2D eigenvalue weighted by atomic mass is 19.4. The Morgan fingerprint density at radius 2 is 2.00 bits per heavy atom. The molecule has 0 radical (unpaired) electrons. The lowest BCUT2D eigenvalue weighted by Crippen LogP contribution is -2.21. The van der Waals surface area contributed by atoms with Gasteiger partial charge in [-0.05, 0) is 17.7 Å². The Morgan fingerprint density at radius 3 is 2.67 bits per heavy atom. The number of fused-ring (bicyclic) bond motifs is 1. The number of halogens is 3. The lowest BCUT2D eigenvalue weighted by Gasteiger charge is -2.11. The molecule has 0 aliphatic heterocycles. The van der Waals surface area contributed by atoms with Gasteiger partial charge in [-0.1, -0.05) is 26.0 Å². The maximum Gasteiger partial charge on any atom is 0.411 e. The minimum Gasteiger partial charge on any atom is -0.351 e. The summed E-state index contributed by atoms with van der Waals surface area (Å²) in [7, 11) is 0. The first kappa shape index (κ1) is 15.9. The monoisotopic (exact) mass is 300 g/mol. The maximum atomic E-state index is 12.1. The standard InChI is InChI=1S/C15H19F3N2O/c1-11(2)19-8-12-4-3-5-14-13(12)6-7-20(14)10-21-9-15(16,17)18/h3-7,11,19H,8-10H2,1-2H3. The number of hydrogen-bond acceptors (Lipinski definition) is 2. The van der Waals surface area contributed by atoms with Crippen molar-refractivity contribution >= 4 is 10.9 Å². The molecule has 0 amide bonds. The van der Waals surface area contributed by atoms with Crippen LogP contribution in [0, 0.1) is 0 Å². The van der Waals surface area contributed by atoms with E-state index in [9.17, 15) is 13.2 Å². The SMILES string of the molecule is CC(C)NCc1cccc2c1ccn2COCC(F)(F)F. The van der Waals surface area contributed by atoms with Crippen LogP contribution in [0.15, 0.2) is 30.5 Å². The van der Waals surface area contributed by atoms with Crippen molar-refractivity contribution in [3.05, 3.63) is 36.0 Å². The van der Waals surface area contributed by atoms with E-state index in [2.05, 4.69) is 19.2 Å². The molecule has 0 aliphatic carbocycles. The summed E-state index contributed by atoms with van der Waals surface area (Å²) in [5.74, 6) is 0. The first-order chi connectivity index (χ1) is 9.87. The van der Waals surface area contributed by atoms with Gasteiger partial charge < -0.3 is 14.6 Å². The van der Waals surface area contributed by atoms with Crippen molar-refractivity contribution in [2.24, 2.45) is 0 Å². The number of hydrogen-bond donors (Lipinski definition) is 1. The fraction of sp³-hybridized carbons (Fsp3) is 0.467. The molecule has 1 aromatic carbocycles. The van der Waals surface area contributed by atoms with Crippen LogP contribution in [-0.2, 0) is 18.0 Å². The molecule has 0 spiro atoms. The largest absolute Gasteiger partial charge is 0.411 e. The molecule has 0 bridgehead atoms. The molecule has 116 valence electrons. The van der Waals surface area contributed by atoms with Crippen molar-refractivity contribution in [2.45, 2.75) is 39.3 Å². The number of nitrogens with zero attached hydrogens (tertiary/aromatic N) is 1. The zero-order valence-electron chi connectivity index (χ0n) is 12.1. The van der Waals surface area contributed by atoms with E-state index in [1.165, 1.54) is 0 Å². The number of nitrogens with one attached hydrogen (secondary N) is 1. The fourth-order valence-electron chi connectivity index (χ4n) is 2.13. The fourth-order valence-corrected chi connectivity index (χ4v) is 2.13. The molecule has 1 heterocycles. The Morgan fingerprint density at radius 1 is 1.24 bits per heavy atom. The van der Waals surface area contributed by atoms with Crippen LogP contribution in [0.2, 0.25) is 0 Å². The average molecular weight is 300 g/mol. The van der Waals surface area contributed by atoms with Crippen LogP contribution in [0.25, 0.3) is 10.9 Å². The molecule has 0 atom stereocenters. The van der Waals surface area contributed by atoms with E-state index < -0.39 is 12.8 Å². The highest BCUT2D eigenvalue weighted by Crippen LogP contribution is 2.21. The number of ether oxygens (including phenoxy) is 1. The quantitative estimate of drug-likeness (QED) is 0.881. The lowest BCUT2D eigenvalue weighted by atomic mass is 10.1. The summed E-state index contributed by atoms with van der Waals surface area (Å²) in [5.41, 5.74) is 2.00. The van der Waals surface area contributed by atoms with Crippen LogP contribution >= 0.6 is 0 Å². The van der Waals surface area contributed by atoms with Crippen LogP contribution in [-0.4, -0.2) is 23.4 Å². The first-order valence-electron chi connectivity index (χ1n) is 6.81. The molecule has 0 aliphatic rings. The second-order valence-corrected chi connectivity index (χ2v) is 5.26. The van der Waals surface area contributed by atoms with Gasteiger partial charge >= 0.3 is 6.18 Å². The lowest BCUT2D eigenvalue weighted by molar-refractivity contribution is -0.181. The van der Waals surface area contributed by atoms with Gasteiger partial charge in [-0.25, -0.2) is 0 Å². The minimum atomic E-state index is -4.30. The Hall–Kier alpha value is -1.53. The number of benzene rings is 1. The van der Waals surface area contributed by atoms with Crippen LogP contribution in [0.1, 0.15) is 19.4 Å². The molecule has 0 fully saturated rings. The van der Waals surface area contributed by atoms with Crippen LogP contribution < -0.4 is 5.32 Å². The van der Waals surface area contributed by atoms with Gasteiger partial charge in [0.25, 0.3) is 0 Å². The van der Waals surface area contributed by atoms with E-state index in [0.29, 0.717) is 6.04 Å². The zero-order chi connectivity index (χ0) is 15.5. The van der Waals surface area contributed by atoms with Crippen molar-refractivity contribution in [3.8, 4) is 0 Å². The summed E-state index contributed by atoms with van der Waals surface area (Å²) in [6, 6.07) is 8.07. The number of rotatable bonds is 6. The van der Waals surface area contributed by atoms with E-state index in [0.717, 1.165) is 23.0 Å². The Kier molecular flexibility index (Phi) is 4.90. The summed E-state index contributed by atoms with van der Waals surface area (Å²) >= 11 is 0. The van der Waals surface area contributed by atoms with Crippen molar-refractivity contribution in [2.75, 3.05) is 6.61 Å². The molecule has 0 saturated carbocycles. The molecular weight excluding hydrogens is 281 g/mol. The molecule has 1 aromatic heterocycles. The summed E-state index contributed by atoms with van der Waals surface area (Å²) in [4.78, 5) is 0. The Bertz CT molecular complexity index is 590. The average Bonchev–Trinajstić information content (AvgIpc) is 2.79. The van der Waals surface area contributed by atoms with Gasteiger partial charge in [0.15, 0.2) is 0 Å². The highest BCUT2D eigenvalue weighted by Gasteiger charge is 2.27. The van der Waals surface area contributed by atoms with Gasteiger partial charge in [0.05, 0.1) is 5.52 Å². The van der Waals surface area contributed by atoms with Gasteiger partial charge in [0.1, 0.15) is 13.3 Å². The predicted octanol–water partition coefficient (Wildman–Crippen LogP) is 3.68. The molecule has 21 heavy (non-hydrogen) atoms. The predicted molar refractivity (Wildman–Crippen MR) is 75.9 cm³/mol.